The number of rotatable bonds is 3. The largest absolute Gasteiger partial charge is 0.416 e. The highest BCUT2D eigenvalue weighted by Gasteiger charge is 2.30. The molecule has 1 amide bonds. The van der Waals surface area contributed by atoms with Gasteiger partial charge in [0, 0.05) is 22.4 Å². The Bertz CT molecular complexity index is 638. The Morgan fingerprint density at radius 3 is 2.29 bits per heavy atom. The summed E-state index contributed by atoms with van der Waals surface area (Å²) in [7, 11) is 0. The molecule has 0 aliphatic carbocycles. The summed E-state index contributed by atoms with van der Waals surface area (Å²) in [6.45, 7) is 1.41. The molecule has 0 atom stereocenters. The van der Waals surface area contributed by atoms with Crippen LogP contribution in [0, 0.1) is 0 Å². The second-order valence-corrected chi connectivity index (χ2v) is 5.48. The Morgan fingerprint density at radius 1 is 1.05 bits per heavy atom. The summed E-state index contributed by atoms with van der Waals surface area (Å²) in [5.41, 5.74) is -0.0155. The summed E-state index contributed by atoms with van der Waals surface area (Å²) in [6, 6.07) is 12.1. The summed E-state index contributed by atoms with van der Waals surface area (Å²) < 4.78 is 37.9. The lowest BCUT2D eigenvalue weighted by Gasteiger charge is -2.09. The number of carbonyl (C=O) groups is 1. The molecule has 0 bridgehead atoms. The predicted molar refractivity (Wildman–Crippen MR) is 76.3 cm³/mol. The van der Waals surface area contributed by atoms with Crippen molar-refractivity contribution in [2.24, 2.45) is 0 Å². The van der Waals surface area contributed by atoms with E-state index in [9.17, 15) is 18.0 Å². The average Bonchev–Trinajstić information content (AvgIpc) is 2.40. The Balaban J connectivity index is 2.13. The van der Waals surface area contributed by atoms with Gasteiger partial charge in [-0.2, -0.15) is 13.2 Å². The van der Waals surface area contributed by atoms with Crippen LogP contribution in [0.2, 0.25) is 0 Å². The van der Waals surface area contributed by atoms with Crippen LogP contribution in [0.4, 0.5) is 18.9 Å². The van der Waals surface area contributed by atoms with Crippen molar-refractivity contribution in [3.8, 4) is 0 Å². The number of benzene rings is 2. The lowest BCUT2D eigenvalue weighted by atomic mass is 10.2. The van der Waals surface area contributed by atoms with E-state index in [0.717, 1.165) is 17.0 Å². The van der Waals surface area contributed by atoms with Gasteiger partial charge in [-0.1, -0.05) is 17.8 Å². The molecule has 0 spiro atoms. The Labute approximate surface area is 124 Å². The zero-order valence-electron chi connectivity index (χ0n) is 11.1. The minimum absolute atomic E-state index is 0.173. The number of alkyl halides is 3. The molecule has 0 aromatic heterocycles. The first-order valence-corrected chi connectivity index (χ1v) is 6.89. The summed E-state index contributed by atoms with van der Waals surface area (Å²) in [4.78, 5) is 12.2. The van der Waals surface area contributed by atoms with Crippen LogP contribution >= 0.6 is 11.8 Å². The number of halogens is 3. The highest BCUT2D eigenvalue weighted by molar-refractivity contribution is 7.99. The van der Waals surface area contributed by atoms with Crippen molar-refractivity contribution in [3.63, 3.8) is 0 Å². The molecule has 0 aliphatic rings. The monoisotopic (exact) mass is 311 g/mol. The van der Waals surface area contributed by atoms with Crippen molar-refractivity contribution in [1.82, 2.24) is 0 Å². The number of hydrogen-bond acceptors (Lipinski definition) is 2. The Morgan fingerprint density at radius 2 is 1.71 bits per heavy atom. The van der Waals surface area contributed by atoms with E-state index < -0.39 is 11.7 Å². The van der Waals surface area contributed by atoms with Gasteiger partial charge in [-0.05, 0) is 42.5 Å². The molecular weight excluding hydrogens is 299 g/mol. The smallest absolute Gasteiger partial charge is 0.326 e. The maximum atomic E-state index is 12.6. The maximum absolute atomic E-state index is 12.6. The number of amides is 1. The molecule has 0 saturated heterocycles. The molecule has 21 heavy (non-hydrogen) atoms. The molecule has 0 unspecified atom stereocenters. The van der Waals surface area contributed by atoms with Crippen LogP contribution in [0.3, 0.4) is 0 Å². The van der Waals surface area contributed by atoms with Gasteiger partial charge < -0.3 is 5.32 Å². The molecule has 6 heteroatoms. The summed E-state index contributed by atoms with van der Waals surface area (Å²) in [6.07, 6.45) is -4.34. The fraction of sp³-hybridized carbons (Fsp3) is 0.133. The maximum Gasteiger partial charge on any atom is 0.416 e. The van der Waals surface area contributed by atoms with E-state index in [1.165, 1.54) is 24.8 Å². The number of carbonyl (C=O) groups excluding carboxylic acids is 1. The first-order valence-electron chi connectivity index (χ1n) is 6.07. The minimum atomic E-state index is -4.34. The quantitative estimate of drug-likeness (QED) is 0.881. The van der Waals surface area contributed by atoms with Gasteiger partial charge in [-0.3, -0.25) is 4.79 Å². The van der Waals surface area contributed by atoms with Gasteiger partial charge in [-0.15, -0.1) is 0 Å². The van der Waals surface area contributed by atoms with Gasteiger partial charge in [0.2, 0.25) is 5.91 Å². The molecule has 2 aromatic carbocycles. The van der Waals surface area contributed by atoms with Crippen molar-refractivity contribution in [2.45, 2.75) is 22.9 Å². The van der Waals surface area contributed by atoms with E-state index in [1.807, 2.05) is 0 Å². The molecule has 0 radical (unpaired) electrons. The molecule has 2 nitrogen and oxygen atoms in total. The van der Waals surface area contributed by atoms with Gasteiger partial charge in [0.15, 0.2) is 0 Å². The normalized spacial score (nSPS) is 11.2. The first-order chi connectivity index (χ1) is 9.84. The molecule has 0 aliphatic heterocycles. The second kappa shape index (κ2) is 6.22. The fourth-order valence-electron chi connectivity index (χ4n) is 1.68. The lowest BCUT2D eigenvalue weighted by Crippen LogP contribution is -2.05. The first kappa shape index (κ1) is 15.4. The highest BCUT2D eigenvalue weighted by atomic mass is 32.2. The average molecular weight is 311 g/mol. The zero-order valence-corrected chi connectivity index (χ0v) is 11.9. The Hall–Kier alpha value is -1.95. The van der Waals surface area contributed by atoms with Gasteiger partial charge in [-0.25, -0.2) is 0 Å². The third-order valence-electron chi connectivity index (χ3n) is 2.57. The number of nitrogens with one attached hydrogen (secondary N) is 1. The third-order valence-corrected chi connectivity index (χ3v) is 3.57. The molecule has 2 rings (SSSR count). The van der Waals surface area contributed by atoms with Crippen molar-refractivity contribution in [2.75, 3.05) is 5.32 Å². The number of hydrogen-bond donors (Lipinski definition) is 1. The molecular formula is C15H12F3NOS. The summed E-state index contributed by atoms with van der Waals surface area (Å²) in [5.74, 6) is -0.173. The van der Waals surface area contributed by atoms with Crippen molar-refractivity contribution >= 4 is 23.4 Å². The summed E-state index contributed by atoms with van der Waals surface area (Å²) >= 11 is 1.23. The van der Waals surface area contributed by atoms with Crippen LogP contribution < -0.4 is 5.32 Å². The highest BCUT2D eigenvalue weighted by Crippen LogP contribution is 2.34. The van der Waals surface area contributed by atoms with E-state index in [2.05, 4.69) is 5.32 Å². The molecule has 0 fully saturated rings. The van der Waals surface area contributed by atoms with Crippen LogP contribution in [0.25, 0.3) is 0 Å². The third kappa shape index (κ3) is 4.53. The predicted octanol–water partition coefficient (Wildman–Crippen LogP) is 4.82. The topological polar surface area (TPSA) is 29.1 Å². The van der Waals surface area contributed by atoms with Gasteiger partial charge in [0.1, 0.15) is 0 Å². The van der Waals surface area contributed by atoms with Crippen LogP contribution in [0.5, 0.6) is 0 Å². The van der Waals surface area contributed by atoms with E-state index in [4.69, 9.17) is 0 Å². The fourth-order valence-corrected chi connectivity index (χ4v) is 2.56. The van der Waals surface area contributed by atoms with Gasteiger partial charge >= 0.3 is 6.18 Å². The Kier molecular flexibility index (Phi) is 4.57. The zero-order chi connectivity index (χ0) is 15.5. The van der Waals surface area contributed by atoms with Crippen LogP contribution in [-0.2, 0) is 11.0 Å². The minimum Gasteiger partial charge on any atom is -0.326 e. The lowest BCUT2D eigenvalue weighted by molar-refractivity contribution is -0.137. The molecule has 2 aromatic rings. The molecule has 0 heterocycles. The van der Waals surface area contributed by atoms with E-state index >= 15 is 0 Å². The van der Waals surface area contributed by atoms with Gasteiger partial charge in [0.25, 0.3) is 0 Å². The van der Waals surface area contributed by atoms with Crippen LogP contribution in [0.1, 0.15) is 12.5 Å². The van der Waals surface area contributed by atoms with Gasteiger partial charge in [0.05, 0.1) is 5.56 Å². The molecule has 1 N–H and O–H groups in total. The SMILES string of the molecule is CC(=O)Nc1ccc(Sc2cccc(C(F)(F)F)c2)cc1. The number of anilines is 1. The summed E-state index contributed by atoms with van der Waals surface area (Å²) in [5, 5.41) is 2.63. The molecule has 110 valence electrons. The van der Waals surface area contributed by atoms with E-state index in [0.29, 0.717) is 10.6 Å². The van der Waals surface area contributed by atoms with E-state index in [1.54, 1.807) is 30.3 Å². The van der Waals surface area contributed by atoms with Crippen LogP contribution in [0.15, 0.2) is 58.3 Å². The van der Waals surface area contributed by atoms with Crippen LogP contribution in [-0.4, -0.2) is 5.91 Å². The van der Waals surface area contributed by atoms with Crippen molar-refractivity contribution < 1.29 is 18.0 Å². The second-order valence-electron chi connectivity index (χ2n) is 4.33. The van der Waals surface area contributed by atoms with Crippen molar-refractivity contribution in [1.29, 1.82) is 0 Å². The standard InChI is InChI=1S/C15H12F3NOS/c1-10(20)19-12-5-7-13(8-6-12)21-14-4-2-3-11(9-14)15(16,17)18/h2-9H,1H3,(H,19,20). The van der Waals surface area contributed by atoms with Crippen molar-refractivity contribution in [3.05, 3.63) is 54.1 Å². The van der Waals surface area contributed by atoms with E-state index in [-0.39, 0.29) is 5.91 Å². The molecule has 0 saturated carbocycles.